The van der Waals surface area contributed by atoms with Crippen LogP contribution in [-0.2, 0) is 21.4 Å². The Balaban J connectivity index is 1.88. The summed E-state index contributed by atoms with van der Waals surface area (Å²) in [5.41, 5.74) is 2.48. The molecule has 3 aromatic rings. The predicted molar refractivity (Wildman–Crippen MR) is 130 cm³/mol. The van der Waals surface area contributed by atoms with Gasteiger partial charge in [-0.1, -0.05) is 18.2 Å². The van der Waals surface area contributed by atoms with E-state index < -0.39 is 11.0 Å². The minimum Gasteiger partial charge on any atom is -0.507 e. The zero-order valence-corrected chi connectivity index (χ0v) is 20.5. The summed E-state index contributed by atoms with van der Waals surface area (Å²) >= 11 is 0. The van der Waals surface area contributed by atoms with Crippen LogP contribution in [0.2, 0.25) is 0 Å². The predicted octanol–water partition coefficient (Wildman–Crippen LogP) is 5.69. The SMILES string of the molecule is COC(=O)C(C)(c1ccc2cc(OC)ccc2c1)C1(C)CCc2c(C)c(O)c(C)c(C)c2O1. The monoisotopic (exact) mass is 448 g/mol. The number of rotatable bonds is 4. The van der Waals surface area contributed by atoms with E-state index >= 15 is 0 Å². The molecule has 0 spiro atoms. The van der Waals surface area contributed by atoms with Gasteiger partial charge in [-0.15, -0.1) is 0 Å². The Morgan fingerprint density at radius 3 is 2.36 bits per heavy atom. The molecule has 0 fully saturated rings. The number of fused-ring (bicyclic) bond motifs is 2. The highest BCUT2D eigenvalue weighted by atomic mass is 16.5. The molecular weight excluding hydrogens is 416 g/mol. The number of methoxy groups -OCH3 is 2. The summed E-state index contributed by atoms with van der Waals surface area (Å²) in [5, 5.41) is 12.6. The van der Waals surface area contributed by atoms with Crippen LogP contribution in [0.15, 0.2) is 36.4 Å². The lowest BCUT2D eigenvalue weighted by molar-refractivity contribution is -0.157. The van der Waals surface area contributed by atoms with Gasteiger partial charge in [-0.25, -0.2) is 0 Å². The molecule has 0 aliphatic carbocycles. The molecule has 1 aliphatic rings. The summed E-state index contributed by atoms with van der Waals surface area (Å²) in [6.07, 6.45) is 1.30. The van der Waals surface area contributed by atoms with E-state index in [2.05, 4.69) is 0 Å². The van der Waals surface area contributed by atoms with Gasteiger partial charge in [0.1, 0.15) is 28.3 Å². The molecule has 1 heterocycles. The van der Waals surface area contributed by atoms with Gasteiger partial charge in [-0.3, -0.25) is 4.79 Å². The van der Waals surface area contributed by atoms with E-state index in [1.165, 1.54) is 7.11 Å². The highest BCUT2D eigenvalue weighted by molar-refractivity contribution is 5.89. The second kappa shape index (κ2) is 7.98. The minimum absolute atomic E-state index is 0.319. The lowest BCUT2D eigenvalue weighted by Gasteiger charge is -2.48. The number of hydrogen-bond donors (Lipinski definition) is 1. The van der Waals surface area contributed by atoms with Crippen LogP contribution in [0.1, 0.15) is 48.1 Å². The van der Waals surface area contributed by atoms with E-state index in [1.807, 2.05) is 71.0 Å². The first-order valence-electron chi connectivity index (χ1n) is 11.2. The maximum Gasteiger partial charge on any atom is 0.320 e. The Morgan fingerprint density at radius 1 is 1.03 bits per heavy atom. The van der Waals surface area contributed by atoms with Crippen LogP contribution in [0.3, 0.4) is 0 Å². The van der Waals surface area contributed by atoms with Crippen LogP contribution in [0.4, 0.5) is 0 Å². The number of phenols is 1. The Bertz CT molecular complexity index is 1260. The van der Waals surface area contributed by atoms with Crippen molar-refractivity contribution in [1.82, 2.24) is 0 Å². The standard InChI is InChI=1S/C28H32O5/c1-16-17(2)25-23(18(3)24(16)29)12-13-27(4,33-25)28(5,26(30)32-7)21-10-8-20-15-22(31-6)11-9-19(20)14-21/h8-11,14-15,29H,12-13H2,1-7H3. The van der Waals surface area contributed by atoms with Gasteiger partial charge in [0.05, 0.1) is 14.2 Å². The lowest BCUT2D eigenvalue weighted by Crippen LogP contribution is -2.58. The molecular formula is C28H32O5. The first kappa shape index (κ1) is 23.0. The van der Waals surface area contributed by atoms with Gasteiger partial charge < -0.3 is 19.3 Å². The van der Waals surface area contributed by atoms with Gasteiger partial charge >= 0.3 is 5.97 Å². The fourth-order valence-electron chi connectivity index (χ4n) is 5.10. The zero-order valence-electron chi connectivity index (χ0n) is 20.5. The molecule has 0 aromatic heterocycles. The van der Waals surface area contributed by atoms with Crippen LogP contribution < -0.4 is 9.47 Å². The summed E-state index contributed by atoms with van der Waals surface area (Å²) in [5.74, 6) is 1.53. The summed E-state index contributed by atoms with van der Waals surface area (Å²) in [7, 11) is 3.07. The van der Waals surface area contributed by atoms with Gasteiger partial charge in [0, 0.05) is 5.56 Å². The second-order valence-electron chi connectivity index (χ2n) is 9.41. The summed E-state index contributed by atoms with van der Waals surface area (Å²) in [4.78, 5) is 13.4. The van der Waals surface area contributed by atoms with Crippen molar-refractivity contribution in [2.24, 2.45) is 0 Å². The minimum atomic E-state index is -1.06. The first-order chi connectivity index (χ1) is 15.6. The van der Waals surface area contributed by atoms with E-state index in [0.29, 0.717) is 18.6 Å². The smallest absolute Gasteiger partial charge is 0.320 e. The summed E-state index contributed by atoms with van der Waals surface area (Å²) in [6.45, 7) is 9.66. The Kier molecular flexibility index (Phi) is 5.55. The number of carbonyl (C=O) groups excluding carboxylic acids is 1. The van der Waals surface area contributed by atoms with Gasteiger partial charge in [-0.05, 0) is 98.7 Å². The summed E-state index contributed by atoms with van der Waals surface area (Å²) in [6, 6.07) is 11.9. The largest absolute Gasteiger partial charge is 0.507 e. The first-order valence-corrected chi connectivity index (χ1v) is 11.2. The number of carbonyl (C=O) groups is 1. The Hall–Kier alpha value is -3.21. The topological polar surface area (TPSA) is 65.0 Å². The quantitative estimate of drug-likeness (QED) is 0.519. The molecule has 1 N–H and O–H groups in total. The maximum absolute atomic E-state index is 13.4. The van der Waals surface area contributed by atoms with Crippen molar-refractivity contribution in [1.29, 1.82) is 0 Å². The Labute approximate surface area is 195 Å². The van der Waals surface area contributed by atoms with E-state index in [1.54, 1.807) is 7.11 Å². The highest BCUT2D eigenvalue weighted by Gasteiger charge is 2.56. The number of aromatic hydroxyl groups is 1. The van der Waals surface area contributed by atoms with Crippen molar-refractivity contribution >= 4 is 16.7 Å². The van der Waals surface area contributed by atoms with Crippen LogP contribution in [-0.4, -0.2) is 30.9 Å². The molecule has 0 bridgehead atoms. The van der Waals surface area contributed by atoms with Crippen molar-refractivity contribution in [2.45, 2.75) is 58.5 Å². The molecule has 2 atom stereocenters. The molecule has 0 saturated carbocycles. The van der Waals surface area contributed by atoms with E-state index in [-0.39, 0.29) is 5.97 Å². The Morgan fingerprint density at radius 2 is 1.70 bits per heavy atom. The summed E-state index contributed by atoms with van der Waals surface area (Å²) < 4.78 is 17.4. The van der Waals surface area contributed by atoms with Gasteiger partial charge in [-0.2, -0.15) is 0 Å². The lowest BCUT2D eigenvalue weighted by atomic mass is 9.65. The van der Waals surface area contributed by atoms with Gasteiger partial charge in [0.15, 0.2) is 0 Å². The molecule has 5 nitrogen and oxygen atoms in total. The molecule has 0 radical (unpaired) electrons. The fraction of sp³-hybridized carbons (Fsp3) is 0.393. The van der Waals surface area contributed by atoms with E-state index in [9.17, 15) is 9.90 Å². The van der Waals surface area contributed by atoms with Gasteiger partial charge in [0.2, 0.25) is 0 Å². The molecule has 4 rings (SSSR count). The molecule has 3 aromatic carbocycles. The van der Waals surface area contributed by atoms with Gasteiger partial charge in [0.25, 0.3) is 0 Å². The van der Waals surface area contributed by atoms with Crippen LogP contribution >= 0.6 is 0 Å². The number of benzene rings is 3. The number of esters is 1. The average Bonchev–Trinajstić information content (AvgIpc) is 2.84. The molecule has 1 aliphatic heterocycles. The van der Waals surface area contributed by atoms with Crippen molar-refractivity contribution in [3.05, 3.63) is 64.2 Å². The maximum atomic E-state index is 13.4. The van der Waals surface area contributed by atoms with Crippen molar-refractivity contribution in [2.75, 3.05) is 14.2 Å². The number of ether oxygens (including phenoxy) is 3. The molecule has 0 saturated heterocycles. The number of phenolic OH excluding ortho intramolecular Hbond substituents is 1. The third-order valence-corrected chi connectivity index (χ3v) is 7.80. The van der Waals surface area contributed by atoms with Crippen molar-refractivity contribution in [3.8, 4) is 17.2 Å². The third-order valence-electron chi connectivity index (χ3n) is 7.80. The molecule has 174 valence electrons. The molecule has 0 amide bonds. The molecule has 33 heavy (non-hydrogen) atoms. The van der Waals surface area contributed by atoms with Crippen LogP contribution in [0.5, 0.6) is 17.2 Å². The van der Waals surface area contributed by atoms with Crippen LogP contribution in [0, 0.1) is 20.8 Å². The van der Waals surface area contributed by atoms with Crippen LogP contribution in [0.25, 0.3) is 10.8 Å². The normalized spacial score (nSPS) is 19.4. The average molecular weight is 449 g/mol. The third kappa shape index (κ3) is 3.33. The van der Waals surface area contributed by atoms with E-state index in [0.717, 1.165) is 50.1 Å². The fourth-order valence-corrected chi connectivity index (χ4v) is 5.10. The number of hydrogen-bond acceptors (Lipinski definition) is 5. The van der Waals surface area contributed by atoms with Crippen molar-refractivity contribution < 1.29 is 24.1 Å². The highest BCUT2D eigenvalue weighted by Crippen LogP contribution is 2.50. The van der Waals surface area contributed by atoms with Crippen molar-refractivity contribution in [3.63, 3.8) is 0 Å². The van der Waals surface area contributed by atoms with E-state index in [4.69, 9.17) is 14.2 Å². The molecule has 2 unspecified atom stereocenters. The molecule has 5 heteroatoms. The zero-order chi connectivity index (χ0) is 24.1. The second-order valence-corrected chi connectivity index (χ2v) is 9.41.